The van der Waals surface area contributed by atoms with Gasteiger partial charge in [-0.2, -0.15) is 5.10 Å². The molecule has 0 saturated carbocycles. The lowest BCUT2D eigenvalue weighted by molar-refractivity contribution is 0.354. The lowest BCUT2D eigenvalue weighted by Gasteiger charge is -2.16. The molecule has 5 heteroatoms. The Balaban J connectivity index is 2.20. The van der Waals surface area contributed by atoms with Crippen molar-refractivity contribution in [1.82, 2.24) is 9.78 Å². The molecule has 0 aliphatic carbocycles. The minimum atomic E-state index is -0.146. The second-order valence-corrected chi connectivity index (χ2v) is 4.83. The molecule has 1 atom stereocenters. The SMILES string of the molecule is COc1ccc(C(N)Cn2nc(C)cc2C)cc1OC. The number of ether oxygens (including phenoxy) is 2. The summed E-state index contributed by atoms with van der Waals surface area (Å²) in [5, 5.41) is 4.43. The van der Waals surface area contributed by atoms with Gasteiger partial charge in [-0.15, -0.1) is 0 Å². The van der Waals surface area contributed by atoms with Crippen LogP contribution in [0.2, 0.25) is 0 Å². The first-order valence-electron chi connectivity index (χ1n) is 6.53. The molecule has 2 N–H and O–H groups in total. The third kappa shape index (κ3) is 2.93. The zero-order chi connectivity index (χ0) is 14.7. The molecule has 0 spiro atoms. The van der Waals surface area contributed by atoms with E-state index in [1.807, 2.05) is 42.8 Å². The third-order valence-corrected chi connectivity index (χ3v) is 3.31. The predicted octanol–water partition coefficient (Wildman–Crippen LogP) is 2.22. The highest BCUT2D eigenvalue weighted by atomic mass is 16.5. The summed E-state index contributed by atoms with van der Waals surface area (Å²) >= 11 is 0. The van der Waals surface area contributed by atoms with E-state index in [0.717, 1.165) is 17.0 Å². The fourth-order valence-electron chi connectivity index (χ4n) is 2.23. The molecule has 0 aliphatic rings. The average molecular weight is 275 g/mol. The number of aromatic nitrogens is 2. The van der Waals surface area contributed by atoms with E-state index >= 15 is 0 Å². The van der Waals surface area contributed by atoms with Crippen LogP contribution < -0.4 is 15.2 Å². The van der Waals surface area contributed by atoms with Crippen LogP contribution in [0.3, 0.4) is 0 Å². The van der Waals surface area contributed by atoms with E-state index in [-0.39, 0.29) is 6.04 Å². The number of methoxy groups -OCH3 is 2. The minimum absolute atomic E-state index is 0.146. The smallest absolute Gasteiger partial charge is 0.161 e. The van der Waals surface area contributed by atoms with Crippen LogP contribution in [0.25, 0.3) is 0 Å². The molecule has 1 unspecified atom stereocenters. The zero-order valence-corrected chi connectivity index (χ0v) is 12.4. The predicted molar refractivity (Wildman–Crippen MR) is 78.2 cm³/mol. The van der Waals surface area contributed by atoms with Crippen molar-refractivity contribution in [3.63, 3.8) is 0 Å². The summed E-state index contributed by atoms with van der Waals surface area (Å²) in [5.41, 5.74) is 9.37. The molecule has 0 bridgehead atoms. The molecule has 2 aromatic rings. The molecule has 20 heavy (non-hydrogen) atoms. The van der Waals surface area contributed by atoms with Gasteiger partial charge in [0.2, 0.25) is 0 Å². The molecule has 2 rings (SSSR count). The normalized spacial score (nSPS) is 12.2. The Hall–Kier alpha value is -2.01. The van der Waals surface area contributed by atoms with Gasteiger partial charge in [-0.3, -0.25) is 4.68 Å². The highest BCUT2D eigenvalue weighted by Gasteiger charge is 2.12. The van der Waals surface area contributed by atoms with Gasteiger partial charge >= 0.3 is 0 Å². The third-order valence-electron chi connectivity index (χ3n) is 3.31. The summed E-state index contributed by atoms with van der Waals surface area (Å²) in [6, 6.07) is 7.64. The van der Waals surface area contributed by atoms with Crippen molar-refractivity contribution in [2.45, 2.75) is 26.4 Å². The van der Waals surface area contributed by atoms with Gasteiger partial charge in [0, 0.05) is 11.7 Å². The number of aryl methyl sites for hydroxylation is 2. The van der Waals surface area contributed by atoms with Crippen molar-refractivity contribution >= 4 is 0 Å². The highest BCUT2D eigenvalue weighted by molar-refractivity contribution is 5.43. The number of hydrogen-bond acceptors (Lipinski definition) is 4. The van der Waals surface area contributed by atoms with Gasteiger partial charge in [-0.25, -0.2) is 0 Å². The van der Waals surface area contributed by atoms with Crippen LogP contribution in [0.4, 0.5) is 0 Å². The van der Waals surface area contributed by atoms with Crippen LogP contribution in [0, 0.1) is 13.8 Å². The topological polar surface area (TPSA) is 62.3 Å². The number of nitrogens with two attached hydrogens (primary N) is 1. The van der Waals surface area contributed by atoms with Crippen molar-refractivity contribution < 1.29 is 9.47 Å². The number of rotatable bonds is 5. The van der Waals surface area contributed by atoms with Crippen molar-refractivity contribution in [2.24, 2.45) is 5.73 Å². The van der Waals surface area contributed by atoms with Gasteiger partial charge in [-0.1, -0.05) is 6.07 Å². The van der Waals surface area contributed by atoms with E-state index in [1.54, 1.807) is 14.2 Å². The Kier molecular flexibility index (Phi) is 4.29. The Bertz CT molecular complexity index is 593. The van der Waals surface area contributed by atoms with E-state index < -0.39 is 0 Å². The van der Waals surface area contributed by atoms with Gasteiger partial charge < -0.3 is 15.2 Å². The largest absolute Gasteiger partial charge is 0.493 e. The maximum Gasteiger partial charge on any atom is 0.161 e. The van der Waals surface area contributed by atoms with Crippen LogP contribution in [-0.4, -0.2) is 24.0 Å². The minimum Gasteiger partial charge on any atom is -0.493 e. The average Bonchev–Trinajstić information content (AvgIpc) is 2.75. The zero-order valence-electron chi connectivity index (χ0n) is 12.4. The molecule has 1 aromatic carbocycles. The second-order valence-electron chi connectivity index (χ2n) is 4.83. The van der Waals surface area contributed by atoms with Crippen LogP contribution in [-0.2, 0) is 6.54 Å². The van der Waals surface area contributed by atoms with Gasteiger partial charge in [0.15, 0.2) is 11.5 Å². The molecule has 1 heterocycles. The molecule has 5 nitrogen and oxygen atoms in total. The van der Waals surface area contributed by atoms with Gasteiger partial charge in [0.1, 0.15) is 0 Å². The van der Waals surface area contributed by atoms with Crippen molar-refractivity contribution in [3.05, 3.63) is 41.2 Å². The summed E-state index contributed by atoms with van der Waals surface area (Å²) < 4.78 is 12.5. The molecule has 0 fully saturated rings. The van der Waals surface area contributed by atoms with Crippen LogP contribution in [0.15, 0.2) is 24.3 Å². The van der Waals surface area contributed by atoms with Gasteiger partial charge in [0.25, 0.3) is 0 Å². The van der Waals surface area contributed by atoms with Crippen molar-refractivity contribution in [3.8, 4) is 11.5 Å². The van der Waals surface area contributed by atoms with E-state index in [4.69, 9.17) is 15.2 Å². The quantitative estimate of drug-likeness (QED) is 0.908. The molecule has 1 aromatic heterocycles. The molecule has 0 saturated heterocycles. The fraction of sp³-hybridized carbons (Fsp3) is 0.400. The molecular formula is C15H21N3O2. The van der Waals surface area contributed by atoms with E-state index in [1.165, 1.54) is 0 Å². The first kappa shape index (κ1) is 14.4. The van der Waals surface area contributed by atoms with Gasteiger partial charge in [0.05, 0.1) is 26.5 Å². The summed E-state index contributed by atoms with van der Waals surface area (Å²) in [5.74, 6) is 1.39. The number of benzene rings is 1. The van der Waals surface area contributed by atoms with Crippen molar-refractivity contribution in [1.29, 1.82) is 0 Å². The van der Waals surface area contributed by atoms with Crippen LogP contribution in [0.5, 0.6) is 11.5 Å². The first-order valence-corrected chi connectivity index (χ1v) is 6.53. The van der Waals surface area contributed by atoms with E-state index in [9.17, 15) is 0 Å². The Morgan fingerprint density at radius 1 is 1.15 bits per heavy atom. The lowest BCUT2D eigenvalue weighted by Crippen LogP contribution is -2.19. The van der Waals surface area contributed by atoms with E-state index in [0.29, 0.717) is 18.0 Å². The summed E-state index contributed by atoms with van der Waals surface area (Å²) in [6.45, 7) is 4.64. The first-order chi connectivity index (χ1) is 9.55. The number of nitrogens with zero attached hydrogens (tertiary/aromatic N) is 2. The van der Waals surface area contributed by atoms with Crippen molar-refractivity contribution in [2.75, 3.05) is 14.2 Å². The molecule has 0 amide bonds. The maximum absolute atomic E-state index is 6.26. The molecule has 0 radical (unpaired) electrons. The number of hydrogen-bond donors (Lipinski definition) is 1. The fourth-order valence-corrected chi connectivity index (χ4v) is 2.23. The Labute approximate surface area is 119 Å². The highest BCUT2D eigenvalue weighted by Crippen LogP contribution is 2.29. The molecular weight excluding hydrogens is 254 g/mol. The summed E-state index contributed by atoms with van der Waals surface area (Å²) in [7, 11) is 3.24. The maximum atomic E-state index is 6.26. The van der Waals surface area contributed by atoms with Crippen LogP contribution in [0.1, 0.15) is 23.0 Å². The molecule has 108 valence electrons. The van der Waals surface area contributed by atoms with Gasteiger partial charge in [-0.05, 0) is 37.6 Å². The van der Waals surface area contributed by atoms with E-state index in [2.05, 4.69) is 5.10 Å². The van der Waals surface area contributed by atoms with Crippen LogP contribution >= 0.6 is 0 Å². The standard InChI is InChI=1S/C15H21N3O2/c1-10-7-11(2)18(17-10)9-13(16)12-5-6-14(19-3)15(8-12)20-4/h5-8,13H,9,16H2,1-4H3. The Morgan fingerprint density at radius 2 is 1.85 bits per heavy atom. The monoisotopic (exact) mass is 275 g/mol. The molecule has 0 aliphatic heterocycles. The summed E-state index contributed by atoms with van der Waals surface area (Å²) in [4.78, 5) is 0. The Morgan fingerprint density at radius 3 is 2.40 bits per heavy atom. The second kappa shape index (κ2) is 5.96. The summed E-state index contributed by atoms with van der Waals surface area (Å²) in [6.07, 6.45) is 0. The lowest BCUT2D eigenvalue weighted by atomic mass is 10.1.